The number of nitrogens with zero attached hydrogens (tertiary/aromatic N) is 5. The Morgan fingerprint density at radius 3 is 2.67 bits per heavy atom. The summed E-state index contributed by atoms with van der Waals surface area (Å²) in [4.78, 5) is 27.4. The van der Waals surface area contributed by atoms with E-state index in [9.17, 15) is 13.6 Å². The zero-order valence-electron chi connectivity index (χ0n) is 15.3. The molecule has 0 radical (unpaired) electrons. The van der Waals surface area contributed by atoms with Crippen LogP contribution in [0.3, 0.4) is 0 Å². The molecule has 4 heterocycles. The van der Waals surface area contributed by atoms with Gasteiger partial charge in [0.25, 0.3) is 12.3 Å². The monoisotopic (exact) mass is 371 g/mol. The van der Waals surface area contributed by atoms with E-state index in [2.05, 4.69) is 15.0 Å². The highest BCUT2D eigenvalue weighted by atomic mass is 19.3. The Balaban J connectivity index is 2.03. The molecule has 0 unspecified atom stereocenters. The Labute approximate surface area is 154 Å². The zero-order valence-corrected chi connectivity index (χ0v) is 15.3. The van der Waals surface area contributed by atoms with Crippen molar-refractivity contribution in [3.63, 3.8) is 0 Å². The molecule has 140 valence electrons. The number of hydrogen-bond acceptors (Lipinski definition) is 4. The number of alkyl halides is 2. The molecular formula is C19H19F2N5O. The highest BCUT2D eigenvalue weighted by Gasteiger charge is 2.30. The quantitative estimate of drug-likeness (QED) is 0.707. The molecule has 0 bridgehead atoms. The van der Waals surface area contributed by atoms with E-state index in [0.29, 0.717) is 17.0 Å². The van der Waals surface area contributed by atoms with Gasteiger partial charge in [-0.2, -0.15) is 0 Å². The lowest BCUT2D eigenvalue weighted by atomic mass is 9.99. The molecule has 0 aromatic carbocycles. The van der Waals surface area contributed by atoms with Crippen LogP contribution in [0.4, 0.5) is 8.78 Å². The Morgan fingerprint density at radius 2 is 1.96 bits per heavy atom. The number of fused-ring (bicyclic) bond motifs is 2. The van der Waals surface area contributed by atoms with E-state index in [-0.39, 0.29) is 18.2 Å². The molecule has 0 saturated heterocycles. The minimum Gasteiger partial charge on any atom is -0.326 e. The summed E-state index contributed by atoms with van der Waals surface area (Å²) in [7, 11) is 0. The second kappa shape index (κ2) is 6.37. The fourth-order valence-corrected chi connectivity index (χ4v) is 3.41. The summed E-state index contributed by atoms with van der Waals surface area (Å²) in [5, 5.41) is 0. The first-order valence-corrected chi connectivity index (χ1v) is 8.77. The van der Waals surface area contributed by atoms with Crippen molar-refractivity contribution in [1.82, 2.24) is 24.3 Å². The van der Waals surface area contributed by atoms with Gasteiger partial charge in [-0.3, -0.25) is 14.2 Å². The Bertz CT molecular complexity index is 1040. The maximum absolute atomic E-state index is 13.1. The largest absolute Gasteiger partial charge is 0.326 e. The number of rotatable bonds is 3. The maximum Gasteiger partial charge on any atom is 0.275 e. The van der Waals surface area contributed by atoms with Crippen LogP contribution in [0.25, 0.3) is 16.6 Å². The van der Waals surface area contributed by atoms with Crippen LogP contribution < -0.4 is 0 Å². The predicted octanol–water partition coefficient (Wildman–Crippen LogP) is 3.44. The molecular weight excluding hydrogens is 352 g/mol. The van der Waals surface area contributed by atoms with Crippen LogP contribution in [0, 0.1) is 6.92 Å². The highest BCUT2D eigenvalue weighted by molar-refractivity contribution is 6.04. The van der Waals surface area contributed by atoms with Gasteiger partial charge in [0.15, 0.2) is 5.69 Å². The zero-order chi connectivity index (χ0) is 19.3. The molecule has 0 saturated carbocycles. The maximum atomic E-state index is 13.1. The number of carbonyl (C=O) groups is 1. The SMILES string of the molecule is Cc1ncc2c3c(ncn13)C(=O)N(CC(F)F)Cc1nc(C(C)C)ccc1-2. The molecule has 4 rings (SSSR count). The summed E-state index contributed by atoms with van der Waals surface area (Å²) >= 11 is 0. The van der Waals surface area contributed by atoms with Crippen LogP contribution in [0.1, 0.15) is 47.5 Å². The van der Waals surface area contributed by atoms with Gasteiger partial charge >= 0.3 is 0 Å². The lowest BCUT2D eigenvalue weighted by Gasteiger charge is -2.25. The highest BCUT2D eigenvalue weighted by Crippen LogP contribution is 2.33. The van der Waals surface area contributed by atoms with Crippen LogP contribution in [0.5, 0.6) is 0 Å². The average Bonchev–Trinajstić information content (AvgIpc) is 3.06. The number of aromatic nitrogens is 4. The van der Waals surface area contributed by atoms with E-state index in [0.717, 1.165) is 21.7 Å². The van der Waals surface area contributed by atoms with Crippen molar-refractivity contribution in [3.8, 4) is 11.1 Å². The van der Waals surface area contributed by atoms with Crippen molar-refractivity contribution in [2.24, 2.45) is 0 Å². The number of imidazole rings is 1. The van der Waals surface area contributed by atoms with Crippen molar-refractivity contribution in [3.05, 3.63) is 47.6 Å². The Hall–Kier alpha value is -2.90. The topological polar surface area (TPSA) is 63.4 Å². The molecule has 0 aliphatic carbocycles. The van der Waals surface area contributed by atoms with Gasteiger partial charge in [0.05, 0.1) is 24.3 Å². The molecule has 1 amide bonds. The van der Waals surface area contributed by atoms with Gasteiger partial charge in [0, 0.05) is 23.0 Å². The van der Waals surface area contributed by atoms with E-state index >= 15 is 0 Å². The van der Waals surface area contributed by atoms with Crippen LogP contribution in [0.15, 0.2) is 24.7 Å². The third-order valence-electron chi connectivity index (χ3n) is 4.82. The van der Waals surface area contributed by atoms with E-state index in [1.807, 2.05) is 26.0 Å². The molecule has 27 heavy (non-hydrogen) atoms. The van der Waals surface area contributed by atoms with Gasteiger partial charge in [-0.05, 0) is 18.9 Å². The third-order valence-corrected chi connectivity index (χ3v) is 4.82. The molecule has 1 aliphatic rings. The fourth-order valence-electron chi connectivity index (χ4n) is 3.41. The second-order valence-corrected chi connectivity index (χ2v) is 6.99. The average molecular weight is 371 g/mol. The van der Waals surface area contributed by atoms with Crippen molar-refractivity contribution >= 4 is 11.4 Å². The van der Waals surface area contributed by atoms with Crippen molar-refractivity contribution in [2.45, 2.75) is 39.7 Å². The minimum absolute atomic E-state index is 0.00536. The molecule has 1 aliphatic heterocycles. The van der Waals surface area contributed by atoms with E-state index in [4.69, 9.17) is 0 Å². The Morgan fingerprint density at radius 1 is 1.19 bits per heavy atom. The molecule has 0 atom stereocenters. The lowest BCUT2D eigenvalue weighted by Crippen LogP contribution is -2.36. The number of hydrogen-bond donors (Lipinski definition) is 0. The molecule has 0 N–H and O–H groups in total. The summed E-state index contributed by atoms with van der Waals surface area (Å²) in [6.45, 7) is 5.17. The van der Waals surface area contributed by atoms with Crippen LogP contribution in [0.2, 0.25) is 0 Å². The van der Waals surface area contributed by atoms with Gasteiger partial charge in [-0.25, -0.2) is 18.7 Å². The molecule has 3 aromatic heterocycles. The number of amides is 1. The van der Waals surface area contributed by atoms with Gasteiger partial charge < -0.3 is 4.90 Å². The molecule has 0 spiro atoms. The van der Waals surface area contributed by atoms with Gasteiger partial charge in [-0.15, -0.1) is 0 Å². The minimum atomic E-state index is -2.64. The first-order valence-electron chi connectivity index (χ1n) is 8.77. The summed E-state index contributed by atoms with van der Waals surface area (Å²) in [6, 6.07) is 3.86. The summed E-state index contributed by atoms with van der Waals surface area (Å²) in [6.07, 6.45) is 0.569. The van der Waals surface area contributed by atoms with E-state index in [1.54, 1.807) is 17.5 Å². The number of pyridine rings is 1. The van der Waals surface area contributed by atoms with Gasteiger partial charge in [0.1, 0.15) is 12.2 Å². The summed E-state index contributed by atoms with van der Waals surface area (Å²) < 4.78 is 28.0. The van der Waals surface area contributed by atoms with E-state index in [1.165, 1.54) is 6.33 Å². The fraction of sp³-hybridized carbons (Fsp3) is 0.368. The van der Waals surface area contributed by atoms with Crippen LogP contribution in [-0.4, -0.2) is 43.1 Å². The van der Waals surface area contributed by atoms with Crippen molar-refractivity contribution in [2.75, 3.05) is 6.54 Å². The molecule has 3 aromatic rings. The van der Waals surface area contributed by atoms with Crippen LogP contribution >= 0.6 is 0 Å². The Kier molecular flexibility index (Phi) is 4.13. The lowest BCUT2D eigenvalue weighted by molar-refractivity contribution is 0.0528. The smallest absolute Gasteiger partial charge is 0.275 e. The van der Waals surface area contributed by atoms with Crippen molar-refractivity contribution < 1.29 is 13.6 Å². The standard InChI is InChI=1S/C19H19F2N5O/c1-10(2)14-5-4-12-13-6-22-11(3)26-9-23-17(18(13)26)19(27)25(8-16(20)21)7-15(12)24-14/h4-6,9-10,16H,7-8H2,1-3H3. The number of halogens is 2. The van der Waals surface area contributed by atoms with Gasteiger partial charge in [0.2, 0.25) is 0 Å². The van der Waals surface area contributed by atoms with Crippen molar-refractivity contribution in [1.29, 1.82) is 0 Å². The first kappa shape index (κ1) is 17.5. The number of carbonyl (C=O) groups excluding carboxylic acids is 1. The first-order chi connectivity index (χ1) is 12.9. The molecule has 8 heteroatoms. The predicted molar refractivity (Wildman–Crippen MR) is 95.8 cm³/mol. The van der Waals surface area contributed by atoms with Gasteiger partial charge in [-0.1, -0.05) is 19.9 Å². The molecule has 6 nitrogen and oxygen atoms in total. The summed E-state index contributed by atoms with van der Waals surface area (Å²) in [5.74, 6) is 0.323. The van der Waals surface area contributed by atoms with E-state index < -0.39 is 18.9 Å². The normalized spacial score (nSPS) is 14.0. The molecule has 0 fully saturated rings. The third kappa shape index (κ3) is 2.85. The van der Waals surface area contributed by atoms with Crippen LogP contribution in [-0.2, 0) is 6.54 Å². The second-order valence-electron chi connectivity index (χ2n) is 6.99. The number of aryl methyl sites for hydroxylation is 1. The summed E-state index contributed by atoms with van der Waals surface area (Å²) in [5.41, 5.74) is 3.70.